The largest absolute Gasteiger partial charge is 0.310 e. The van der Waals surface area contributed by atoms with Crippen LogP contribution in [-0.2, 0) is 16.2 Å². The molecule has 0 N–H and O–H groups in total. The number of hydrogen-bond acceptors (Lipinski definition) is 1. The van der Waals surface area contributed by atoms with Crippen molar-refractivity contribution in [1.82, 2.24) is 0 Å². The lowest BCUT2D eigenvalue weighted by molar-refractivity contribution is 0.563. The summed E-state index contributed by atoms with van der Waals surface area (Å²) in [6, 6.07) is 102. The van der Waals surface area contributed by atoms with E-state index in [0.29, 0.717) is 0 Å². The first-order valence-electron chi connectivity index (χ1n) is 25.3. The molecular formula is C71H51N. The van der Waals surface area contributed by atoms with Gasteiger partial charge in [0.2, 0.25) is 0 Å². The molecule has 72 heavy (non-hydrogen) atoms. The summed E-state index contributed by atoms with van der Waals surface area (Å²) >= 11 is 0. The minimum absolute atomic E-state index is 0.158. The van der Waals surface area contributed by atoms with E-state index in [1.165, 1.54) is 100 Å². The van der Waals surface area contributed by atoms with Gasteiger partial charge in [0.1, 0.15) is 0 Å². The number of benzene rings is 11. The minimum Gasteiger partial charge on any atom is -0.310 e. The molecule has 1 spiro atoms. The Balaban J connectivity index is 0.979. The van der Waals surface area contributed by atoms with E-state index in [0.717, 1.165) is 17.1 Å². The molecule has 0 heterocycles. The summed E-state index contributed by atoms with van der Waals surface area (Å²) in [4.78, 5) is 2.48. The third kappa shape index (κ3) is 5.83. The molecule has 0 atom stereocenters. The van der Waals surface area contributed by atoms with E-state index in [1.807, 2.05) is 0 Å². The summed E-state index contributed by atoms with van der Waals surface area (Å²) in [5.74, 6) is 0. The van der Waals surface area contributed by atoms with Crippen LogP contribution in [0.2, 0.25) is 0 Å². The normalized spacial score (nSPS) is 14.6. The van der Waals surface area contributed by atoms with Crippen molar-refractivity contribution >= 4 is 17.1 Å². The molecule has 11 aromatic rings. The van der Waals surface area contributed by atoms with Crippen LogP contribution in [0.5, 0.6) is 0 Å². The molecule has 11 aromatic carbocycles. The Bertz CT molecular complexity index is 3790. The second kappa shape index (κ2) is 16.1. The van der Waals surface area contributed by atoms with Crippen LogP contribution in [0, 0.1) is 0 Å². The van der Waals surface area contributed by atoms with E-state index in [-0.39, 0.29) is 5.41 Å². The molecule has 3 aliphatic carbocycles. The van der Waals surface area contributed by atoms with Crippen LogP contribution in [0.25, 0.3) is 44.5 Å². The number of anilines is 3. The predicted molar refractivity (Wildman–Crippen MR) is 299 cm³/mol. The maximum Gasteiger partial charge on any atom is 0.0719 e. The van der Waals surface area contributed by atoms with Gasteiger partial charge < -0.3 is 4.90 Å². The number of hydrogen-bond donors (Lipinski definition) is 0. The van der Waals surface area contributed by atoms with Crippen molar-refractivity contribution < 1.29 is 0 Å². The van der Waals surface area contributed by atoms with Crippen LogP contribution < -0.4 is 4.90 Å². The van der Waals surface area contributed by atoms with Gasteiger partial charge in [-0.2, -0.15) is 0 Å². The first kappa shape index (κ1) is 42.1. The van der Waals surface area contributed by atoms with E-state index in [4.69, 9.17) is 0 Å². The SMILES string of the molecule is CC1(C)c2ccccc2C2(c3ccccc3-c3cc(N(c4ccc(-c5cccc6c5C(c5ccccc5)(c5ccccc5)c5ccccc5-6)cc4)c4ccccc4-c4ccccc4)ccc32)c2ccccc21. The molecule has 1 nitrogen and oxygen atoms in total. The molecule has 0 saturated heterocycles. The molecule has 0 amide bonds. The second-order valence-corrected chi connectivity index (χ2v) is 20.3. The van der Waals surface area contributed by atoms with Gasteiger partial charge in [0.25, 0.3) is 0 Å². The van der Waals surface area contributed by atoms with E-state index < -0.39 is 10.8 Å². The summed E-state index contributed by atoms with van der Waals surface area (Å²) in [5, 5.41) is 0. The molecule has 3 aliphatic rings. The van der Waals surface area contributed by atoms with Gasteiger partial charge in [0.15, 0.2) is 0 Å². The maximum atomic E-state index is 2.48. The molecule has 0 aromatic heterocycles. The molecule has 0 unspecified atom stereocenters. The van der Waals surface area contributed by atoms with Crippen LogP contribution in [0.15, 0.2) is 273 Å². The summed E-state index contributed by atoms with van der Waals surface area (Å²) in [6.07, 6.45) is 0. The van der Waals surface area contributed by atoms with E-state index >= 15 is 0 Å². The van der Waals surface area contributed by atoms with E-state index in [9.17, 15) is 0 Å². The van der Waals surface area contributed by atoms with Crippen LogP contribution in [0.4, 0.5) is 17.1 Å². The number of fused-ring (bicyclic) bond motifs is 12. The van der Waals surface area contributed by atoms with Crippen molar-refractivity contribution in [3.05, 3.63) is 329 Å². The summed E-state index contributed by atoms with van der Waals surface area (Å²) < 4.78 is 0. The number of rotatable bonds is 7. The van der Waals surface area contributed by atoms with Crippen LogP contribution >= 0.6 is 0 Å². The van der Waals surface area contributed by atoms with E-state index in [2.05, 4.69) is 292 Å². The fourth-order valence-corrected chi connectivity index (χ4v) is 13.5. The highest BCUT2D eigenvalue weighted by Crippen LogP contribution is 2.63. The van der Waals surface area contributed by atoms with Gasteiger partial charge >= 0.3 is 0 Å². The smallest absolute Gasteiger partial charge is 0.0719 e. The zero-order valence-corrected chi connectivity index (χ0v) is 40.4. The first-order chi connectivity index (χ1) is 35.5. The van der Waals surface area contributed by atoms with Crippen molar-refractivity contribution in [1.29, 1.82) is 0 Å². The van der Waals surface area contributed by atoms with E-state index in [1.54, 1.807) is 0 Å². The molecule has 0 radical (unpaired) electrons. The molecule has 0 saturated carbocycles. The lowest BCUT2D eigenvalue weighted by atomic mass is 9.55. The first-order valence-corrected chi connectivity index (χ1v) is 25.3. The van der Waals surface area contributed by atoms with Gasteiger partial charge in [-0.25, -0.2) is 0 Å². The Labute approximate surface area is 423 Å². The Hall–Kier alpha value is -8.78. The summed E-state index contributed by atoms with van der Waals surface area (Å²) in [5.41, 5.74) is 25.4. The van der Waals surface area contributed by atoms with Gasteiger partial charge in [-0.15, -0.1) is 0 Å². The van der Waals surface area contributed by atoms with Crippen molar-refractivity contribution in [2.75, 3.05) is 4.90 Å². The van der Waals surface area contributed by atoms with Gasteiger partial charge in [-0.3, -0.25) is 0 Å². The Kier molecular flexibility index (Phi) is 9.44. The van der Waals surface area contributed by atoms with Crippen molar-refractivity contribution in [3.63, 3.8) is 0 Å². The monoisotopic (exact) mass is 917 g/mol. The lowest BCUT2D eigenvalue weighted by Gasteiger charge is -2.46. The average molecular weight is 918 g/mol. The highest BCUT2D eigenvalue weighted by atomic mass is 15.1. The topological polar surface area (TPSA) is 3.24 Å². The number of para-hydroxylation sites is 1. The van der Waals surface area contributed by atoms with Crippen LogP contribution in [-0.4, -0.2) is 0 Å². The van der Waals surface area contributed by atoms with Crippen LogP contribution in [0.3, 0.4) is 0 Å². The van der Waals surface area contributed by atoms with Crippen molar-refractivity contribution in [3.8, 4) is 44.5 Å². The van der Waals surface area contributed by atoms with Gasteiger partial charge in [0, 0.05) is 22.4 Å². The maximum absolute atomic E-state index is 2.48. The van der Waals surface area contributed by atoms with Gasteiger partial charge in [0.05, 0.1) is 16.5 Å². The van der Waals surface area contributed by atoms with Crippen molar-refractivity contribution in [2.45, 2.75) is 30.1 Å². The third-order valence-corrected chi connectivity index (χ3v) is 16.4. The molecule has 1 heteroatoms. The predicted octanol–water partition coefficient (Wildman–Crippen LogP) is 17.9. The highest BCUT2D eigenvalue weighted by molar-refractivity contribution is 5.96. The Morgan fingerprint density at radius 3 is 1.29 bits per heavy atom. The quantitative estimate of drug-likeness (QED) is 0.154. The zero-order valence-electron chi connectivity index (χ0n) is 40.4. The van der Waals surface area contributed by atoms with Crippen LogP contribution in [0.1, 0.15) is 69.5 Å². The fraction of sp³-hybridized carbons (Fsp3) is 0.0704. The zero-order chi connectivity index (χ0) is 48.0. The average Bonchev–Trinajstić information content (AvgIpc) is 3.92. The highest BCUT2D eigenvalue weighted by Gasteiger charge is 2.53. The van der Waals surface area contributed by atoms with Gasteiger partial charge in [-0.1, -0.05) is 257 Å². The summed E-state index contributed by atoms with van der Waals surface area (Å²) in [6.45, 7) is 4.78. The molecular weight excluding hydrogens is 867 g/mol. The molecule has 0 aliphatic heterocycles. The summed E-state index contributed by atoms with van der Waals surface area (Å²) in [7, 11) is 0. The van der Waals surface area contributed by atoms with Gasteiger partial charge in [-0.05, 0) is 125 Å². The fourth-order valence-electron chi connectivity index (χ4n) is 13.5. The second-order valence-electron chi connectivity index (χ2n) is 20.3. The molecule has 0 bridgehead atoms. The Morgan fingerprint density at radius 1 is 0.264 bits per heavy atom. The number of nitrogens with zero attached hydrogens (tertiary/aromatic N) is 1. The minimum atomic E-state index is -0.516. The van der Waals surface area contributed by atoms with Crippen molar-refractivity contribution in [2.24, 2.45) is 0 Å². The molecule has 0 fully saturated rings. The Morgan fingerprint density at radius 2 is 0.681 bits per heavy atom. The lowest BCUT2D eigenvalue weighted by Crippen LogP contribution is -2.40. The third-order valence-electron chi connectivity index (χ3n) is 16.4. The standard InChI is InChI=1S/C71H51N/c1-69(2)63-36-17-19-38-65(63)71(66-39-20-18-37-64(66)69)61-35-16-13-31-57(61)59-47-53(45-46-62(59)71)72(67-40-21-14-29-54(67)48-23-6-3-7-24-48)52-43-41-49(42-44-52)55-32-22-33-58-56-30-12-15-34-60(56)70(68(55)58,50-25-8-4-9-26-50)51-27-10-5-11-28-51/h3-47H,1-2H3. The molecule has 340 valence electrons. The molecule has 14 rings (SSSR count).